The van der Waals surface area contributed by atoms with Gasteiger partial charge < -0.3 is 4.74 Å². The number of rotatable bonds is 4. The van der Waals surface area contributed by atoms with Crippen molar-refractivity contribution >= 4 is 0 Å². The molecule has 0 amide bonds. The van der Waals surface area contributed by atoms with Gasteiger partial charge in [-0.25, -0.2) is 0 Å². The number of hydrogen-bond acceptors (Lipinski definition) is 1. The van der Waals surface area contributed by atoms with Gasteiger partial charge >= 0.3 is 0 Å². The van der Waals surface area contributed by atoms with Crippen LogP contribution in [0.15, 0.2) is 24.3 Å². The minimum absolute atomic E-state index is 0.400. The Bertz CT molecular complexity index is 343. The molecule has 0 spiro atoms. The molecular formula is C15H22O. The van der Waals surface area contributed by atoms with Crippen LogP contribution in [0.2, 0.25) is 0 Å². The highest BCUT2D eigenvalue weighted by molar-refractivity contribution is 5.37. The van der Waals surface area contributed by atoms with Gasteiger partial charge in [0.2, 0.25) is 0 Å². The van der Waals surface area contributed by atoms with Crippen molar-refractivity contribution in [3.8, 4) is 0 Å². The number of fused-ring (bicyclic) bond motifs is 1. The molecule has 1 aliphatic rings. The van der Waals surface area contributed by atoms with Gasteiger partial charge in [-0.2, -0.15) is 0 Å². The molecule has 1 aromatic carbocycles. The highest BCUT2D eigenvalue weighted by Gasteiger charge is 2.34. The molecule has 1 aromatic rings. The molecule has 2 atom stereocenters. The Morgan fingerprint density at radius 1 is 1.31 bits per heavy atom. The summed E-state index contributed by atoms with van der Waals surface area (Å²) in [5, 5.41) is 0. The van der Waals surface area contributed by atoms with Gasteiger partial charge in [0.05, 0.1) is 6.10 Å². The zero-order valence-electron chi connectivity index (χ0n) is 10.6. The van der Waals surface area contributed by atoms with Crippen molar-refractivity contribution in [1.29, 1.82) is 0 Å². The van der Waals surface area contributed by atoms with E-state index in [1.807, 2.05) is 0 Å². The first kappa shape index (κ1) is 11.7. The summed E-state index contributed by atoms with van der Waals surface area (Å²) >= 11 is 0. The molecule has 0 saturated carbocycles. The first-order chi connectivity index (χ1) is 7.74. The predicted molar refractivity (Wildman–Crippen MR) is 67.8 cm³/mol. The van der Waals surface area contributed by atoms with Crippen LogP contribution in [0, 0.1) is 5.92 Å². The Labute approximate surface area is 98.8 Å². The lowest BCUT2D eigenvalue weighted by Gasteiger charge is -2.24. The average molecular weight is 218 g/mol. The van der Waals surface area contributed by atoms with Crippen molar-refractivity contribution in [3.63, 3.8) is 0 Å². The van der Waals surface area contributed by atoms with Crippen molar-refractivity contribution in [1.82, 2.24) is 0 Å². The molecule has 0 fully saturated rings. The molecule has 1 unspecified atom stereocenters. The van der Waals surface area contributed by atoms with E-state index in [1.165, 1.54) is 11.1 Å². The number of ether oxygens (including phenoxy) is 1. The van der Waals surface area contributed by atoms with Crippen LogP contribution in [-0.2, 0) is 11.2 Å². The number of hydrogen-bond donors (Lipinski definition) is 0. The van der Waals surface area contributed by atoms with Crippen molar-refractivity contribution in [2.24, 2.45) is 5.92 Å². The Hall–Kier alpha value is -0.820. The van der Waals surface area contributed by atoms with Crippen molar-refractivity contribution < 1.29 is 4.74 Å². The lowest BCUT2D eigenvalue weighted by molar-refractivity contribution is 0.0326. The molecule has 16 heavy (non-hydrogen) atoms. The third kappa shape index (κ3) is 2.15. The van der Waals surface area contributed by atoms with Crippen molar-refractivity contribution in [3.05, 3.63) is 35.4 Å². The first-order valence-electron chi connectivity index (χ1n) is 6.43. The second-order valence-electron chi connectivity index (χ2n) is 5.08. The maximum Gasteiger partial charge on any atom is 0.0686 e. The van der Waals surface area contributed by atoms with E-state index in [2.05, 4.69) is 45.0 Å². The van der Waals surface area contributed by atoms with Crippen LogP contribution >= 0.6 is 0 Å². The highest BCUT2D eigenvalue weighted by atomic mass is 16.5. The maximum absolute atomic E-state index is 6.01. The summed E-state index contributed by atoms with van der Waals surface area (Å²) in [6.07, 6.45) is 2.61. The molecule has 1 nitrogen and oxygen atoms in total. The summed E-state index contributed by atoms with van der Waals surface area (Å²) in [6, 6.07) is 8.81. The van der Waals surface area contributed by atoms with E-state index < -0.39 is 0 Å². The van der Waals surface area contributed by atoms with E-state index in [9.17, 15) is 0 Å². The average Bonchev–Trinajstić information content (AvgIpc) is 2.64. The fourth-order valence-corrected chi connectivity index (χ4v) is 2.81. The fraction of sp³-hybridized carbons (Fsp3) is 0.600. The standard InChI is InChI=1S/C15H22O/c1-4-9-16-14-10-12-7-5-6-8-13(12)15(14)11(2)3/h5-8,11,14-15H,4,9-10H2,1-3H3/t14-,15?/m1/s1. The Morgan fingerprint density at radius 3 is 2.75 bits per heavy atom. The summed E-state index contributed by atoms with van der Waals surface area (Å²) in [5.41, 5.74) is 3.00. The van der Waals surface area contributed by atoms with Crippen LogP contribution in [0.1, 0.15) is 44.2 Å². The van der Waals surface area contributed by atoms with Crippen LogP contribution in [-0.4, -0.2) is 12.7 Å². The Balaban J connectivity index is 2.20. The van der Waals surface area contributed by atoms with Crippen LogP contribution in [0.4, 0.5) is 0 Å². The van der Waals surface area contributed by atoms with E-state index in [1.54, 1.807) is 0 Å². The molecule has 1 heteroatoms. The van der Waals surface area contributed by atoms with Gasteiger partial charge in [-0.15, -0.1) is 0 Å². The van der Waals surface area contributed by atoms with Gasteiger partial charge in [-0.05, 0) is 29.9 Å². The third-order valence-corrected chi connectivity index (χ3v) is 3.49. The first-order valence-corrected chi connectivity index (χ1v) is 6.43. The highest BCUT2D eigenvalue weighted by Crippen LogP contribution is 2.39. The molecule has 0 aromatic heterocycles. The Morgan fingerprint density at radius 2 is 2.06 bits per heavy atom. The maximum atomic E-state index is 6.01. The molecular weight excluding hydrogens is 196 g/mol. The van der Waals surface area contributed by atoms with E-state index in [-0.39, 0.29) is 0 Å². The summed E-state index contributed by atoms with van der Waals surface area (Å²) in [7, 11) is 0. The summed E-state index contributed by atoms with van der Waals surface area (Å²) in [6.45, 7) is 7.67. The third-order valence-electron chi connectivity index (χ3n) is 3.49. The van der Waals surface area contributed by atoms with Crippen molar-refractivity contribution in [2.75, 3.05) is 6.61 Å². The summed E-state index contributed by atoms with van der Waals surface area (Å²) in [5.74, 6) is 1.24. The largest absolute Gasteiger partial charge is 0.377 e. The normalized spacial score (nSPS) is 23.8. The van der Waals surface area contributed by atoms with Gasteiger partial charge in [-0.3, -0.25) is 0 Å². The molecule has 0 bridgehead atoms. The fourth-order valence-electron chi connectivity index (χ4n) is 2.81. The van der Waals surface area contributed by atoms with Gasteiger partial charge in [-0.1, -0.05) is 45.0 Å². The van der Waals surface area contributed by atoms with E-state index in [0.717, 1.165) is 19.4 Å². The SMILES string of the molecule is CCCO[C@@H]1Cc2ccccc2C1C(C)C. The molecule has 0 heterocycles. The minimum Gasteiger partial charge on any atom is -0.377 e. The minimum atomic E-state index is 0.400. The quantitative estimate of drug-likeness (QED) is 0.747. The summed E-state index contributed by atoms with van der Waals surface area (Å²) in [4.78, 5) is 0. The van der Waals surface area contributed by atoms with Gasteiger partial charge in [0.1, 0.15) is 0 Å². The molecule has 0 saturated heterocycles. The van der Waals surface area contributed by atoms with Crippen LogP contribution in [0.3, 0.4) is 0 Å². The lowest BCUT2D eigenvalue weighted by atomic mass is 9.88. The smallest absolute Gasteiger partial charge is 0.0686 e. The van der Waals surface area contributed by atoms with Gasteiger partial charge in [0, 0.05) is 12.5 Å². The topological polar surface area (TPSA) is 9.23 Å². The molecule has 0 radical (unpaired) electrons. The Kier molecular flexibility index (Phi) is 3.65. The molecule has 88 valence electrons. The molecule has 2 rings (SSSR count). The van der Waals surface area contributed by atoms with E-state index in [0.29, 0.717) is 17.9 Å². The monoisotopic (exact) mass is 218 g/mol. The lowest BCUT2D eigenvalue weighted by Crippen LogP contribution is -2.23. The number of benzene rings is 1. The van der Waals surface area contributed by atoms with Crippen LogP contribution in [0.5, 0.6) is 0 Å². The molecule has 0 aliphatic heterocycles. The molecule has 0 N–H and O–H groups in total. The van der Waals surface area contributed by atoms with Gasteiger partial charge in [0.15, 0.2) is 0 Å². The predicted octanol–water partition coefficient (Wildman–Crippen LogP) is 3.78. The summed E-state index contributed by atoms with van der Waals surface area (Å²) < 4.78 is 6.01. The van der Waals surface area contributed by atoms with Crippen LogP contribution in [0.25, 0.3) is 0 Å². The van der Waals surface area contributed by atoms with E-state index in [4.69, 9.17) is 4.74 Å². The second-order valence-corrected chi connectivity index (χ2v) is 5.08. The van der Waals surface area contributed by atoms with E-state index >= 15 is 0 Å². The van der Waals surface area contributed by atoms with Crippen molar-refractivity contribution in [2.45, 2.75) is 45.6 Å². The van der Waals surface area contributed by atoms with Crippen LogP contribution < -0.4 is 0 Å². The second kappa shape index (κ2) is 5.01. The molecule has 1 aliphatic carbocycles. The zero-order chi connectivity index (χ0) is 11.5. The zero-order valence-corrected chi connectivity index (χ0v) is 10.6. The van der Waals surface area contributed by atoms with Gasteiger partial charge in [0.25, 0.3) is 0 Å².